The molecule has 4 heteroatoms. The van der Waals surface area contributed by atoms with E-state index < -0.39 is 0 Å². The predicted molar refractivity (Wildman–Crippen MR) is 68.2 cm³/mol. The van der Waals surface area contributed by atoms with Gasteiger partial charge in [-0.2, -0.15) is 0 Å². The van der Waals surface area contributed by atoms with Crippen LogP contribution in [0.5, 0.6) is 5.75 Å². The van der Waals surface area contributed by atoms with Gasteiger partial charge < -0.3 is 15.0 Å². The summed E-state index contributed by atoms with van der Waals surface area (Å²) >= 11 is 0. The molecule has 90 valence electrons. The molecule has 2 N–H and O–H groups in total. The van der Waals surface area contributed by atoms with E-state index in [1.165, 1.54) is 19.3 Å². The molecule has 0 radical (unpaired) electrons. The zero-order valence-corrected chi connectivity index (χ0v) is 10.2. The highest BCUT2D eigenvalue weighted by atomic mass is 16.5. The number of methoxy groups -OCH3 is 1. The molecule has 1 saturated carbocycles. The van der Waals surface area contributed by atoms with Crippen LogP contribution in [0.4, 0.5) is 5.95 Å². The first kappa shape index (κ1) is 10.4. The van der Waals surface area contributed by atoms with Crippen LogP contribution in [0.15, 0.2) is 18.2 Å². The van der Waals surface area contributed by atoms with Gasteiger partial charge in [0.05, 0.1) is 18.1 Å². The van der Waals surface area contributed by atoms with Gasteiger partial charge in [0.25, 0.3) is 0 Å². The number of anilines is 1. The van der Waals surface area contributed by atoms with Crippen molar-refractivity contribution >= 4 is 17.0 Å². The normalized spacial score (nSPS) is 18.0. The van der Waals surface area contributed by atoms with Crippen molar-refractivity contribution in [2.45, 2.75) is 31.7 Å². The smallest absolute Gasteiger partial charge is 0.201 e. The van der Waals surface area contributed by atoms with Crippen LogP contribution in [0.2, 0.25) is 0 Å². The van der Waals surface area contributed by atoms with Crippen molar-refractivity contribution in [3.05, 3.63) is 18.2 Å². The Balaban J connectivity index is 2.24. The Kier molecular flexibility index (Phi) is 2.08. The Bertz CT molecular complexity index is 569. The fraction of sp³-hybridized carbons (Fsp3) is 0.462. The molecule has 0 saturated heterocycles. The van der Waals surface area contributed by atoms with Crippen molar-refractivity contribution in [2.75, 3.05) is 12.8 Å². The highest BCUT2D eigenvalue weighted by molar-refractivity contribution is 5.80. The average Bonchev–Trinajstić information content (AvgIpc) is 2.61. The number of hydrogen-bond acceptors (Lipinski definition) is 3. The van der Waals surface area contributed by atoms with Gasteiger partial charge in [-0.1, -0.05) is 0 Å². The molecule has 1 heterocycles. The standard InChI is InChI=1S/C13H17N3O/c1-13(6-3-7-13)16-11-8-9(17-2)4-5-10(11)15-12(16)14/h4-5,8H,3,6-7H2,1-2H3,(H2,14,15). The summed E-state index contributed by atoms with van der Waals surface area (Å²) in [6.07, 6.45) is 3.60. The van der Waals surface area contributed by atoms with Gasteiger partial charge in [0.2, 0.25) is 5.95 Å². The Labute approximate surface area is 100 Å². The highest BCUT2D eigenvalue weighted by Crippen LogP contribution is 2.42. The van der Waals surface area contributed by atoms with Crippen LogP contribution in [0, 0.1) is 0 Å². The highest BCUT2D eigenvalue weighted by Gasteiger charge is 2.36. The van der Waals surface area contributed by atoms with Crippen LogP contribution in [0.3, 0.4) is 0 Å². The largest absolute Gasteiger partial charge is 0.497 e. The minimum atomic E-state index is 0.130. The maximum absolute atomic E-state index is 6.05. The maximum atomic E-state index is 6.05. The molecule has 0 amide bonds. The van der Waals surface area contributed by atoms with Crippen LogP contribution in [0.1, 0.15) is 26.2 Å². The molecule has 0 spiro atoms. The van der Waals surface area contributed by atoms with Crippen molar-refractivity contribution < 1.29 is 4.74 Å². The van der Waals surface area contributed by atoms with Gasteiger partial charge in [-0.05, 0) is 38.3 Å². The second kappa shape index (κ2) is 3.39. The number of nitrogens with zero attached hydrogens (tertiary/aromatic N) is 2. The summed E-state index contributed by atoms with van der Waals surface area (Å²) in [6, 6.07) is 5.90. The number of benzene rings is 1. The van der Waals surface area contributed by atoms with Crippen LogP contribution < -0.4 is 10.5 Å². The predicted octanol–water partition coefficient (Wildman–Crippen LogP) is 2.53. The Morgan fingerprint density at radius 3 is 2.76 bits per heavy atom. The molecule has 0 aliphatic heterocycles. The van der Waals surface area contributed by atoms with E-state index in [-0.39, 0.29) is 5.54 Å². The van der Waals surface area contributed by atoms with Gasteiger partial charge in [0.15, 0.2) is 0 Å². The molecule has 1 aromatic heterocycles. The van der Waals surface area contributed by atoms with Gasteiger partial charge in [-0.15, -0.1) is 0 Å². The number of aromatic nitrogens is 2. The van der Waals surface area contributed by atoms with Crippen molar-refractivity contribution in [3.63, 3.8) is 0 Å². The van der Waals surface area contributed by atoms with Crippen molar-refractivity contribution in [3.8, 4) is 5.75 Å². The molecule has 4 nitrogen and oxygen atoms in total. The van der Waals surface area contributed by atoms with E-state index in [9.17, 15) is 0 Å². The molecule has 1 fully saturated rings. The van der Waals surface area contributed by atoms with Crippen LogP contribution in [-0.4, -0.2) is 16.7 Å². The van der Waals surface area contributed by atoms with Crippen LogP contribution in [0.25, 0.3) is 11.0 Å². The van der Waals surface area contributed by atoms with E-state index in [0.29, 0.717) is 5.95 Å². The summed E-state index contributed by atoms with van der Waals surface area (Å²) in [6.45, 7) is 2.24. The first-order valence-electron chi connectivity index (χ1n) is 5.96. The van der Waals surface area contributed by atoms with Crippen LogP contribution in [-0.2, 0) is 5.54 Å². The quantitative estimate of drug-likeness (QED) is 0.864. The lowest BCUT2D eigenvalue weighted by Crippen LogP contribution is -2.37. The molecule has 0 bridgehead atoms. The van der Waals surface area contributed by atoms with E-state index in [0.717, 1.165) is 16.8 Å². The number of imidazole rings is 1. The third-order valence-corrected chi connectivity index (χ3v) is 3.86. The van der Waals surface area contributed by atoms with E-state index in [4.69, 9.17) is 10.5 Å². The monoisotopic (exact) mass is 231 g/mol. The number of rotatable bonds is 2. The number of hydrogen-bond donors (Lipinski definition) is 1. The maximum Gasteiger partial charge on any atom is 0.201 e. The first-order chi connectivity index (χ1) is 8.14. The van der Waals surface area contributed by atoms with E-state index in [1.807, 2.05) is 18.2 Å². The molecule has 0 unspecified atom stereocenters. The lowest BCUT2D eigenvalue weighted by molar-refractivity contribution is 0.177. The van der Waals surface area contributed by atoms with Crippen molar-refractivity contribution in [1.82, 2.24) is 9.55 Å². The topological polar surface area (TPSA) is 53.1 Å². The molecular formula is C13H17N3O. The van der Waals surface area contributed by atoms with Crippen molar-refractivity contribution in [2.24, 2.45) is 0 Å². The second-order valence-corrected chi connectivity index (χ2v) is 5.01. The molecule has 2 aromatic rings. The van der Waals surface area contributed by atoms with Gasteiger partial charge in [0, 0.05) is 11.6 Å². The Morgan fingerprint density at radius 2 is 2.18 bits per heavy atom. The van der Waals surface area contributed by atoms with Gasteiger partial charge in [0.1, 0.15) is 5.75 Å². The Morgan fingerprint density at radius 1 is 1.41 bits per heavy atom. The SMILES string of the molecule is COc1ccc2nc(N)n(C3(C)CCC3)c2c1. The lowest BCUT2D eigenvalue weighted by Gasteiger charge is -2.40. The molecule has 1 aliphatic carbocycles. The summed E-state index contributed by atoms with van der Waals surface area (Å²) in [5.74, 6) is 1.46. The van der Waals surface area contributed by atoms with E-state index in [1.54, 1.807) is 7.11 Å². The lowest BCUT2D eigenvalue weighted by atomic mass is 9.78. The summed E-state index contributed by atoms with van der Waals surface area (Å²) in [5, 5.41) is 0. The minimum absolute atomic E-state index is 0.130. The summed E-state index contributed by atoms with van der Waals surface area (Å²) in [5.41, 5.74) is 8.20. The zero-order valence-electron chi connectivity index (χ0n) is 10.2. The third kappa shape index (κ3) is 1.40. The summed E-state index contributed by atoms with van der Waals surface area (Å²) in [7, 11) is 1.68. The summed E-state index contributed by atoms with van der Waals surface area (Å²) in [4.78, 5) is 4.42. The van der Waals surface area contributed by atoms with E-state index in [2.05, 4.69) is 16.5 Å². The minimum Gasteiger partial charge on any atom is -0.497 e. The van der Waals surface area contributed by atoms with Gasteiger partial charge in [-0.25, -0.2) is 4.98 Å². The number of nitrogens with two attached hydrogens (primary N) is 1. The summed E-state index contributed by atoms with van der Waals surface area (Å²) < 4.78 is 7.43. The molecular weight excluding hydrogens is 214 g/mol. The number of nitrogen functional groups attached to an aromatic ring is 1. The fourth-order valence-electron chi connectivity index (χ4n) is 2.68. The number of ether oxygens (including phenoxy) is 1. The third-order valence-electron chi connectivity index (χ3n) is 3.86. The molecule has 0 atom stereocenters. The first-order valence-corrected chi connectivity index (χ1v) is 5.96. The molecule has 17 heavy (non-hydrogen) atoms. The molecule has 3 rings (SSSR count). The Hall–Kier alpha value is -1.71. The zero-order chi connectivity index (χ0) is 12.0. The van der Waals surface area contributed by atoms with E-state index >= 15 is 0 Å². The van der Waals surface area contributed by atoms with Gasteiger partial charge in [-0.3, -0.25) is 0 Å². The van der Waals surface area contributed by atoms with Gasteiger partial charge >= 0.3 is 0 Å². The van der Waals surface area contributed by atoms with Crippen LogP contribution >= 0.6 is 0 Å². The van der Waals surface area contributed by atoms with Crippen molar-refractivity contribution in [1.29, 1.82) is 0 Å². The fourth-order valence-corrected chi connectivity index (χ4v) is 2.68. The molecule has 1 aromatic carbocycles. The second-order valence-electron chi connectivity index (χ2n) is 5.01. The average molecular weight is 231 g/mol. The number of fused-ring (bicyclic) bond motifs is 1. The molecule has 1 aliphatic rings.